The molecule has 5 rings (SSSR count). The van der Waals surface area contributed by atoms with Crippen LogP contribution in [0.3, 0.4) is 0 Å². The lowest BCUT2D eigenvalue weighted by Crippen LogP contribution is -2.46. The van der Waals surface area contributed by atoms with Gasteiger partial charge < -0.3 is 15.2 Å². The predicted octanol–water partition coefficient (Wildman–Crippen LogP) is 3.09. The average Bonchev–Trinajstić information content (AvgIpc) is 2.98. The van der Waals surface area contributed by atoms with E-state index in [0.29, 0.717) is 21.8 Å². The molecule has 0 saturated carbocycles. The van der Waals surface area contributed by atoms with Crippen LogP contribution in [0.1, 0.15) is 39.0 Å². The molecule has 10 nitrogen and oxygen atoms in total. The Morgan fingerprint density at radius 1 is 1.07 bits per heavy atom. The van der Waals surface area contributed by atoms with Crippen molar-refractivity contribution in [2.75, 3.05) is 12.0 Å². The Morgan fingerprint density at radius 2 is 1.81 bits per heavy atom. The normalized spacial score (nSPS) is 15.1. The maximum absolute atomic E-state index is 14.0. The van der Waals surface area contributed by atoms with Crippen molar-refractivity contribution in [3.63, 3.8) is 0 Å². The minimum atomic E-state index is -2.02. The van der Waals surface area contributed by atoms with Crippen molar-refractivity contribution >= 4 is 55.1 Å². The number of hydrogen-bond donors (Lipinski definition) is 2. The van der Waals surface area contributed by atoms with Gasteiger partial charge in [0.1, 0.15) is 11.5 Å². The first-order valence-corrected chi connectivity index (χ1v) is 16.1. The van der Waals surface area contributed by atoms with E-state index in [1.807, 2.05) is 13.5 Å². The third-order valence-electron chi connectivity index (χ3n) is 7.08. The molecule has 1 aliphatic rings. The summed E-state index contributed by atoms with van der Waals surface area (Å²) in [5.74, 6) is -0.650. The van der Waals surface area contributed by atoms with Crippen LogP contribution in [-0.4, -0.2) is 58.3 Å². The van der Waals surface area contributed by atoms with Crippen molar-refractivity contribution in [2.45, 2.75) is 32.5 Å². The van der Waals surface area contributed by atoms with Gasteiger partial charge in [-0.1, -0.05) is 41.9 Å². The van der Waals surface area contributed by atoms with E-state index >= 15 is 0 Å². The predicted molar refractivity (Wildman–Crippen MR) is 161 cm³/mol. The van der Waals surface area contributed by atoms with Crippen LogP contribution in [0.4, 0.5) is 10.3 Å². The van der Waals surface area contributed by atoms with Crippen LogP contribution in [0.25, 0.3) is 5.82 Å². The van der Waals surface area contributed by atoms with Gasteiger partial charge in [-0.25, -0.2) is 23.9 Å². The molecule has 2 aromatic heterocycles. The number of nitrogens with one attached hydrogen (secondary N) is 2. The molecule has 2 amide bonds. The van der Waals surface area contributed by atoms with Crippen LogP contribution in [0.5, 0.6) is 0 Å². The number of rotatable bonds is 6. The summed E-state index contributed by atoms with van der Waals surface area (Å²) in [7, 11) is -0.534. The smallest absolute Gasteiger partial charge is 0.271 e. The van der Waals surface area contributed by atoms with Gasteiger partial charge in [-0.15, -0.1) is 0 Å². The molecular weight excluding hydrogens is 600 g/mol. The number of carbonyl (C=O) groups is 2. The first kappa shape index (κ1) is 29.4. The van der Waals surface area contributed by atoms with Gasteiger partial charge in [-0.2, -0.15) is 0 Å². The Kier molecular flexibility index (Phi) is 8.39. The Hall–Kier alpha value is -4.13. The van der Waals surface area contributed by atoms with Gasteiger partial charge in [0.2, 0.25) is 5.95 Å². The molecule has 2 aromatic carbocycles. The summed E-state index contributed by atoms with van der Waals surface area (Å²) in [6.07, 6.45) is 2.87. The van der Waals surface area contributed by atoms with Gasteiger partial charge >= 0.3 is 0 Å². The van der Waals surface area contributed by atoms with Crippen molar-refractivity contribution in [2.24, 2.45) is 0 Å². The molecule has 0 aliphatic carbocycles. The quantitative estimate of drug-likeness (QED) is 0.316. The largest absolute Gasteiger partial charge is 0.380 e. The Labute approximate surface area is 252 Å². The first-order chi connectivity index (χ1) is 20.1. The van der Waals surface area contributed by atoms with E-state index in [4.69, 9.17) is 28.2 Å². The number of nitrogens with zero attached hydrogens (tertiary/aromatic N) is 5. The van der Waals surface area contributed by atoms with Crippen LogP contribution in [0.15, 0.2) is 59.7 Å². The summed E-state index contributed by atoms with van der Waals surface area (Å²) < 4.78 is 14.9. The second-order valence-electron chi connectivity index (χ2n) is 9.87. The number of benzene rings is 2. The van der Waals surface area contributed by atoms with Gasteiger partial charge in [0.25, 0.3) is 17.4 Å². The minimum Gasteiger partial charge on any atom is -0.380 e. The fourth-order valence-corrected chi connectivity index (χ4v) is 6.56. The van der Waals surface area contributed by atoms with E-state index in [1.54, 1.807) is 29.2 Å². The topological polar surface area (TPSA) is 122 Å². The van der Waals surface area contributed by atoms with Crippen LogP contribution in [-0.2, 0) is 13.0 Å². The van der Waals surface area contributed by atoms with Crippen molar-refractivity contribution in [1.29, 1.82) is 0 Å². The molecule has 1 aliphatic heterocycles. The number of carbonyl (C=O) groups excluding carboxylic acids is 2. The summed E-state index contributed by atoms with van der Waals surface area (Å²) in [6, 6.07) is 10.5. The molecule has 14 heteroatoms. The highest BCUT2D eigenvalue weighted by molar-refractivity contribution is 6.74. The van der Waals surface area contributed by atoms with Crippen LogP contribution >= 0.6 is 23.2 Å². The van der Waals surface area contributed by atoms with Crippen molar-refractivity contribution in [1.82, 2.24) is 29.7 Å². The van der Waals surface area contributed by atoms with E-state index in [9.17, 15) is 18.8 Å². The van der Waals surface area contributed by atoms with Gasteiger partial charge in [0, 0.05) is 24.2 Å². The zero-order valence-corrected chi connectivity index (χ0v) is 25.5. The van der Waals surface area contributed by atoms with Gasteiger partial charge in [-0.3, -0.25) is 14.4 Å². The molecule has 0 radical (unpaired) electrons. The molecule has 3 heterocycles. The molecule has 2 N–H and O–H groups in total. The molecule has 0 spiro atoms. The second kappa shape index (κ2) is 12.0. The first-order valence-electron chi connectivity index (χ1n) is 13.0. The molecule has 216 valence electrons. The third kappa shape index (κ3) is 5.78. The molecule has 0 bridgehead atoms. The van der Waals surface area contributed by atoms with E-state index in [1.165, 1.54) is 42.2 Å². The van der Waals surface area contributed by atoms with Crippen molar-refractivity contribution in [3.8, 4) is 5.82 Å². The molecule has 0 fully saturated rings. The van der Waals surface area contributed by atoms with Crippen molar-refractivity contribution < 1.29 is 14.0 Å². The minimum absolute atomic E-state index is 0.0914. The zero-order chi connectivity index (χ0) is 30.1. The highest BCUT2D eigenvalue weighted by Crippen LogP contribution is 2.27. The molecule has 0 saturated heterocycles. The van der Waals surface area contributed by atoms with E-state index in [2.05, 4.69) is 20.3 Å². The molecule has 0 unspecified atom stereocenters. The Bertz CT molecular complexity index is 1740. The second-order valence-corrected chi connectivity index (χ2v) is 13.1. The lowest BCUT2D eigenvalue weighted by atomic mass is 9.98. The molecule has 4 aromatic rings. The zero-order valence-electron chi connectivity index (χ0n) is 22.9. The van der Waals surface area contributed by atoms with Gasteiger partial charge in [-0.05, 0) is 48.9 Å². The number of hydrogen-bond acceptors (Lipinski definition) is 7. The summed E-state index contributed by atoms with van der Waals surface area (Å²) in [5.41, 5.74) is 0.988. The Morgan fingerprint density at radius 3 is 2.45 bits per heavy atom. The summed E-state index contributed by atoms with van der Waals surface area (Å²) in [4.78, 5) is 57.8. The number of anilines is 1. The Balaban J connectivity index is 1.57. The maximum Gasteiger partial charge on any atom is 0.271 e. The summed E-state index contributed by atoms with van der Waals surface area (Å²) in [6.45, 7) is 3.93. The standard InChI is InChI=1S/C28H26Cl2FN7O3Si/c1-15-10-19-23(14-37(15)26(40)16-4-9-20(29)21(30)11-16)35-28(36-42(3)18-7-5-17(31)6-8-18)38(27(19)41)24-13-33-22(12-34-24)25(39)32-2/h4-9,11-13,15,42H,10,14H2,1-3H3,(H,32,39)(H,35,36)/t15-,42+/m1/s1. The van der Waals surface area contributed by atoms with Crippen LogP contribution in [0, 0.1) is 5.82 Å². The van der Waals surface area contributed by atoms with E-state index in [0.717, 1.165) is 5.19 Å². The monoisotopic (exact) mass is 625 g/mol. The number of halogens is 3. The maximum atomic E-state index is 14.0. The average molecular weight is 627 g/mol. The summed E-state index contributed by atoms with van der Waals surface area (Å²) in [5, 5.41) is 3.98. The van der Waals surface area contributed by atoms with Gasteiger partial charge in [0.05, 0.1) is 34.7 Å². The number of aromatic nitrogens is 4. The lowest BCUT2D eigenvalue weighted by molar-refractivity contribution is 0.0653. The fraction of sp³-hybridized carbons (Fsp3) is 0.214. The van der Waals surface area contributed by atoms with Crippen LogP contribution in [0.2, 0.25) is 16.6 Å². The molecule has 42 heavy (non-hydrogen) atoms. The van der Waals surface area contributed by atoms with Gasteiger partial charge in [0.15, 0.2) is 14.8 Å². The highest BCUT2D eigenvalue weighted by atomic mass is 35.5. The van der Waals surface area contributed by atoms with Crippen LogP contribution < -0.4 is 21.0 Å². The highest BCUT2D eigenvalue weighted by Gasteiger charge is 2.32. The molecule has 2 atom stereocenters. The number of amides is 2. The fourth-order valence-electron chi connectivity index (χ4n) is 4.75. The SMILES string of the molecule is CNC(=O)c1cnc(-n2c(N[Si@@H](C)c3ccc(F)cc3)nc3c(c2=O)C[C@@H](C)N(C(=O)c2ccc(Cl)c(Cl)c2)C3)cn1. The number of fused-ring (bicyclic) bond motifs is 1. The lowest BCUT2D eigenvalue weighted by Gasteiger charge is -2.34. The summed E-state index contributed by atoms with van der Waals surface area (Å²) >= 11 is 12.2. The third-order valence-corrected chi connectivity index (χ3v) is 9.90. The van der Waals surface area contributed by atoms with Crippen molar-refractivity contribution in [3.05, 3.63) is 104 Å². The van der Waals surface area contributed by atoms with E-state index in [-0.39, 0.29) is 58.8 Å². The van der Waals surface area contributed by atoms with E-state index < -0.39 is 14.9 Å². The molecular formula is C28H26Cl2FN7O3Si.